The maximum Gasteiger partial charge on any atom is 0.133 e. The van der Waals surface area contributed by atoms with Gasteiger partial charge in [0.1, 0.15) is 17.7 Å². The third kappa shape index (κ3) is 3.58. The quantitative estimate of drug-likeness (QED) is 0.873. The highest BCUT2D eigenvalue weighted by molar-refractivity contribution is 5.02. The summed E-state index contributed by atoms with van der Waals surface area (Å²) in [6.07, 6.45) is 4.97. The number of aliphatic hydroxyl groups is 1. The molecule has 1 saturated heterocycles. The Balaban J connectivity index is 1.46. The first-order chi connectivity index (χ1) is 10.8. The summed E-state index contributed by atoms with van der Waals surface area (Å²) in [4.78, 5) is 9.15. The number of aromatic nitrogens is 2. The molecule has 0 saturated carbocycles. The third-order valence-electron chi connectivity index (χ3n) is 4.28. The predicted octanol–water partition coefficient (Wildman–Crippen LogP) is 1.35. The molecule has 2 aromatic heterocycles. The van der Waals surface area contributed by atoms with Crippen LogP contribution < -0.4 is 0 Å². The van der Waals surface area contributed by atoms with E-state index in [4.69, 9.17) is 4.42 Å². The van der Waals surface area contributed by atoms with E-state index in [0.29, 0.717) is 12.3 Å². The van der Waals surface area contributed by atoms with Gasteiger partial charge in [-0.1, -0.05) is 0 Å². The van der Waals surface area contributed by atoms with Gasteiger partial charge in [0.2, 0.25) is 0 Å². The highest BCUT2D eigenvalue weighted by Crippen LogP contribution is 2.16. The minimum atomic E-state index is -0.541. The summed E-state index contributed by atoms with van der Waals surface area (Å²) in [5.41, 5.74) is 0. The fourth-order valence-electron chi connectivity index (χ4n) is 2.93. The van der Waals surface area contributed by atoms with Crippen molar-refractivity contribution >= 4 is 0 Å². The van der Waals surface area contributed by atoms with Crippen molar-refractivity contribution in [2.24, 2.45) is 0 Å². The van der Waals surface area contributed by atoms with Crippen molar-refractivity contribution in [1.29, 1.82) is 0 Å². The van der Waals surface area contributed by atoms with E-state index in [1.54, 1.807) is 6.26 Å². The van der Waals surface area contributed by atoms with Crippen LogP contribution in [-0.4, -0.2) is 57.2 Å². The monoisotopic (exact) mass is 304 g/mol. The number of furan rings is 1. The molecule has 3 rings (SSSR count). The molecule has 0 spiro atoms. The van der Waals surface area contributed by atoms with Gasteiger partial charge < -0.3 is 14.1 Å². The molecule has 0 aromatic carbocycles. The number of aliphatic hydroxyl groups excluding tert-OH is 1. The van der Waals surface area contributed by atoms with E-state index in [0.717, 1.165) is 45.1 Å². The normalized spacial score (nSPS) is 18.6. The minimum Gasteiger partial charge on any atom is -0.467 e. The Kier molecular flexibility index (Phi) is 4.92. The molecule has 120 valence electrons. The summed E-state index contributed by atoms with van der Waals surface area (Å²) in [6.45, 7) is 8.56. The van der Waals surface area contributed by atoms with Gasteiger partial charge in [-0.3, -0.25) is 9.80 Å². The van der Waals surface area contributed by atoms with Gasteiger partial charge in [0, 0.05) is 51.7 Å². The molecule has 0 radical (unpaired) electrons. The standard InChI is InChI=1S/C16H24N4O2/c1-2-20-6-5-17-16(20)13-19-9-7-18(8-10-19)12-14(21)15-4-3-11-22-15/h3-6,11,14,21H,2,7-10,12-13H2,1H3/t14-/m1/s1. The van der Waals surface area contributed by atoms with E-state index in [9.17, 15) is 5.11 Å². The molecule has 3 heterocycles. The van der Waals surface area contributed by atoms with Crippen LogP contribution in [0.4, 0.5) is 0 Å². The molecule has 1 aliphatic heterocycles. The average Bonchev–Trinajstić information content (AvgIpc) is 3.20. The van der Waals surface area contributed by atoms with E-state index in [2.05, 4.69) is 26.3 Å². The Morgan fingerprint density at radius 2 is 2.05 bits per heavy atom. The minimum absolute atomic E-state index is 0.541. The smallest absolute Gasteiger partial charge is 0.133 e. The van der Waals surface area contributed by atoms with Crippen molar-refractivity contribution < 1.29 is 9.52 Å². The summed E-state index contributed by atoms with van der Waals surface area (Å²) in [7, 11) is 0. The van der Waals surface area contributed by atoms with Crippen LogP contribution in [0.1, 0.15) is 24.6 Å². The molecule has 1 N–H and O–H groups in total. The highest BCUT2D eigenvalue weighted by Gasteiger charge is 2.21. The fraction of sp³-hybridized carbons (Fsp3) is 0.562. The van der Waals surface area contributed by atoms with Crippen molar-refractivity contribution in [2.45, 2.75) is 26.1 Å². The van der Waals surface area contributed by atoms with Crippen molar-refractivity contribution in [2.75, 3.05) is 32.7 Å². The first-order valence-electron chi connectivity index (χ1n) is 7.92. The fourth-order valence-corrected chi connectivity index (χ4v) is 2.93. The van der Waals surface area contributed by atoms with Crippen LogP contribution >= 0.6 is 0 Å². The lowest BCUT2D eigenvalue weighted by atomic mass is 10.2. The third-order valence-corrected chi connectivity index (χ3v) is 4.28. The Labute approximate surface area is 131 Å². The number of β-amino-alcohol motifs (C(OH)–C–C–N with tert-alkyl or cyclic N) is 1. The maximum atomic E-state index is 10.1. The van der Waals surface area contributed by atoms with Gasteiger partial charge in [-0.05, 0) is 19.1 Å². The number of hydrogen-bond donors (Lipinski definition) is 1. The van der Waals surface area contributed by atoms with E-state index in [-0.39, 0.29) is 0 Å². The van der Waals surface area contributed by atoms with E-state index in [1.165, 1.54) is 0 Å². The molecular formula is C16H24N4O2. The van der Waals surface area contributed by atoms with E-state index >= 15 is 0 Å². The zero-order valence-corrected chi connectivity index (χ0v) is 13.1. The molecule has 0 bridgehead atoms. The van der Waals surface area contributed by atoms with Crippen LogP contribution in [0.25, 0.3) is 0 Å². The number of rotatable bonds is 6. The Morgan fingerprint density at radius 3 is 2.73 bits per heavy atom. The van der Waals surface area contributed by atoms with Crippen molar-refractivity contribution in [3.63, 3.8) is 0 Å². The highest BCUT2D eigenvalue weighted by atomic mass is 16.4. The van der Waals surface area contributed by atoms with Crippen LogP contribution in [0.15, 0.2) is 35.2 Å². The Morgan fingerprint density at radius 1 is 1.27 bits per heavy atom. The first-order valence-corrected chi connectivity index (χ1v) is 7.92. The number of imidazole rings is 1. The second kappa shape index (κ2) is 7.09. The zero-order valence-electron chi connectivity index (χ0n) is 13.1. The first kappa shape index (κ1) is 15.3. The average molecular weight is 304 g/mol. The van der Waals surface area contributed by atoms with Crippen molar-refractivity contribution in [3.05, 3.63) is 42.4 Å². The molecule has 1 atom stereocenters. The summed E-state index contributed by atoms with van der Waals surface area (Å²) >= 11 is 0. The molecule has 1 fully saturated rings. The van der Waals surface area contributed by atoms with E-state index < -0.39 is 6.10 Å². The largest absolute Gasteiger partial charge is 0.467 e. The summed E-state index contributed by atoms with van der Waals surface area (Å²) < 4.78 is 7.44. The number of aryl methyl sites for hydroxylation is 1. The van der Waals surface area contributed by atoms with Gasteiger partial charge in [-0.25, -0.2) is 4.98 Å². The SMILES string of the molecule is CCn1ccnc1CN1CCN(C[C@@H](O)c2ccco2)CC1. The number of nitrogens with zero attached hydrogens (tertiary/aromatic N) is 4. The molecule has 6 heteroatoms. The molecule has 22 heavy (non-hydrogen) atoms. The van der Waals surface area contributed by atoms with Crippen LogP contribution in [0.5, 0.6) is 0 Å². The summed E-state index contributed by atoms with van der Waals surface area (Å²) in [5.74, 6) is 1.78. The van der Waals surface area contributed by atoms with Gasteiger partial charge in [-0.2, -0.15) is 0 Å². The van der Waals surface area contributed by atoms with Crippen molar-refractivity contribution in [3.8, 4) is 0 Å². The molecule has 0 aliphatic carbocycles. The Hall–Kier alpha value is -1.63. The molecule has 6 nitrogen and oxygen atoms in total. The van der Waals surface area contributed by atoms with Crippen LogP contribution in [0.3, 0.4) is 0 Å². The second-order valence-electron chi connectivity index (χ2n) is 5.74. The maximum absolute atomic E-state index is 10.1. The van der Waals surface area contributed by atoms with Crippen LogP contribution in [0, 0.1) is 0 Å². The van der Waals surface area contributed by atoms with Gasteiger partial charge in [-0.15, -0.1) is 0 Å². The summed E-state index contributed by atoms with van der Waals surface area (Å²) in [5, 5.41) is 10.1. The Bertz CT molecular complexity index is 558. The molecule has 0 amide bonds. The molecule has 0 unspecified atom stereocenters. The van der Waals surface area contributed by atoms with Crippen molar-refractivity contribution in [1.82, 2.24) is 19.4 Å². The lowest BCUT2D eigenvalue weighted by Crippen LogP contribution is -2.47. The van der Waals surface area contributed by atoms with E-state index in [1.807, 2.05) is 24.5 Å². The summed E-state index contributed by atoms with van der Waals surface area (Å²) in [6, 6.07) is 3.64. The van der Waals surface area contributed by atoms with Gasteiger partial charge in [0.25, 0.3) is 0 Å². The predicted molar refractivity (Wildman–Crippen MR) is 83.3 cm³/mol. The van der Waals surface area contributed by atoms with Gasteiger partial charge in [0.05, 0.1) is 12.8 Å². The van der Waals surface area contributed by atoms with Gasteiger partial charge >= 0.3 is 0 Å². The molecule has 2 aromatic rings. The lowest BCUT2D eigenvalue weighted by Gasteiger charge is -2.35. The number of piperazine rings is 1. The van der Waals surface area contributed by atoms with Crippen LogP contribution in [0.2, 0.25) is 0 Å². The zero-order chi connectivity index (χ0) is 15.4. The second-order valence-corrected chi connectivity index (χ2v) is 5.74. The topological polar surface area (TPSA) is 57.7 Å². The molecule has 1 aliphatic rings. The lowest BCUT2D eigenvalue weighted by molar-refractivity contribution is 0.0588. The van der Waals surface area contributed by atoms with Gasteiger partial charge in [0.15, 0.2) is 0 Å². The number of hydrogen-bond acceptors (Lipinski definition) is 5. The molecular weight excluding hydrogens is 280 g/mol. The van der Waals surface area contributed by atoms with Crippen LogP contribution in [-0.2, 0) is 13.1 Å².